The van der Waals surface area contributed by atoms with Crippen molar-refractivity contribution in [2.75, 3.05) is 33.2 Å². The van der Waals surface area contributed by atoms with E-state index < -0.39 is 0 Å². The number of rotatable bonds is 5. The first-order valence-electron chi connectivity index (χ1n) is 6.91. The molecule has 2 nitrogen and oxygen atoms in total. The Balaban J connectivity index is 0.00000162. The minimum absolute atomic E-state index is 0. The molecule has 0 aliphatic carbocycles. The molecule has 0 saturated heterocycles. The average molecular weight is 488 g/mol. The zero-order valence-corrected chi connectivity index (χ0v) is 16.6. The molecule has 19 heavy (non-hydrogen) atoms. The molecule has 1 aliphatic rings. The quantitative estimate of drug-likeness (QED) is 0.314. The molecule has 4 heteroatoms. The van der Waals surface area contributed by atoms with E-state index in [0.717, 1.165) is 0 Å². The van der Waals surface area contributed by atoms with E-state index in [4.69, 9.17) is 0 Å². The second-order valence-electron chi connectivity index (χ2n) is 5.64. The predicted octanol–water partition coefficient (Wildman–Crippen LogP) is -4.92. The first kappa shape index (κ1) is 19.6. The van der Waals surface area contributed by atoms with E-state index in [0.29, 0.717) is 0 Å². The highest BCUT2D eigenvalue weighted by atomic mass is 127. The number of nitrogens with zero attached hydrogens (tertiary/aromatic N) is 1. The van der Waals surface area contributed by atoms with E-state index in [1.807, 2.05) is 0 Å². The molecule has 1 aromatic carbocycles. The van der Waals surface area contributed by atoms with Crippen molar-refractivity contribution < 1.29 is 57.3 Å². The lowest BCUT2D eigenvalue weighted by Gasteiger charge is -2.30. The van der Waals surface area contributed by atoms with E-state index in [1.54, 1.807) is 16.0 Å². The number of fused-ring (bicyclic) bond motifs is 1. The third kappa shape index (κ3) is 5.13. The summed E-state index contributed by atoms with van der Waals surface area (Å²) in [7, 11) is 2.41. The van der Waals surface area contributed by atoms with Gasteiger partial charge < -0.3 is 57.3 Å². The predicted molar refractivity (Wildman–Crippen MR) is 71.8 cm³/mol. The molecule has 0 amide bonds. The minimum atomic E-state index is 0. The van der Waals surface area contributed by atoms with Crippen LogP contribution < -0.4 is 52.9 Å². The number of nitrogens with one attached hydrogen (secondary N) is 1. The maximum absolute atomic E-state index is 2.41. The van der Waals surface area contributed by atoms with Crippen LogP contribution in [-0.4, -0.2) is 37.7 Å². The molecule has 2 rings (SSSR count). The molecule has 0 atom stereocenters. The van der Waals surface area contributed by atoms with Gasteiger partial charge >= 0.3 is 0 Å². The van der Waals surface area contributed by atoms with Gasteiger partial charge in [0, 0.05) is 11.1 Å². The summed E-state index contributed by atoms with van der Waals surface area (Å²) >= 11 is 0. The van der Waals surface area contributed by atoms with Crippen molar-refractivity contribution in [2.24, 2.45) is 0 Å². The normalized spacial score (nSPS) is 15.6. The fourth-order valence-electron chi connectivity index (χ4n) is 2.93. The second-order valence-corrected chi connectivity index (χ2v) is 5.64. The van der Waals surface area contributed by atoms with Gasteiger partial charge in [-0.1, -0.05) is 24.3 Å². The third-order valence-electron chi connectivity index (χ3n) is 4.23. The van der Waals surface area contributed by atoms with Gasteiger partial charge in [-0.05, 0) is 13.8 Å². The smallest absolute Gasteiger partial charge is 0.129 e. The minimum Gasteiger partial charge on any atom is -1.00 e. The van der Waals surface area contributed by atoms with Crippen LogP contribution in [0.25, 0.3) is 0 Å². The second kappa shape index (κ2) is 8.79. The molecule has 1 heterocycles. The van der Waals surface area contributed by atoms with E-state index >= 15 is 0 Å². The number of likely N-dealkylation sites (N-methyl/N-ethyl adjacent to an activating group) is 2. The summed E-state index contributed by atoms with van der Waals surface area (Å²) in [5.74, 6) is 0. The summed E-state index contributed by atoms with van der Waals surface area (Å²) in [6, 6.07) is 8.93. The van der Waals surface area contributed by atoms with Crippen molar-refractivity contribution in [3.8, 4) is 0 Å². The highest BCUT2D eigenvalue weighted by Gasteiger charge is 2.32. The van der Waals surface area contributed by atoms with Crippen molar-refractivity contribution in [3.05, 3.63) is 35.4 Å². The van der Waals surface area contributed by atoms with Crippen LogP contribution in [0, 0.1) is 0 Å². The summed E-state index contributed by atoms with van der Waals surface area (Å²) in [5.41, 5.74) is 3.12. The lowest BCUT2D eigenvalue weighted by atomic mass is 10.1. The number of benzene rings is 1. The van der Waals surface area contributed by atoms with Crippen LogP contribution in [0.5, 0.6) is 0 Å². The van der Waals surface area contributed by atoms with Crippen molar-refractivity contribution >= 4 is 0 Å². The van der Waals surface area contributed by atoms with Gasteiger partial charge in [-0.3, -0.25) is 0 Å². The molecular weight excluding hydrogens is 462 g/mol. The number of halogens is 2. The standard InChI is InChI=1S/C15H25N2.2HI/c1-4-16(5-2)10-11-17(3)12-14-8-6-7-9-15(14)13-17;;/h6-9H,4-5,10-13H2,1-3H3;2*1H/q+1;;/p-1. The van der Waals surface area contributed by atoms with Gasteiger partial charge in [0.25, 0.3) is 0 Å². The highest BCUT2D eigenvalue weighted by Crippen LogP contribution is 2.27. The van der Waals surface area contributed by atoms with E-state index in [2.05, 4.69) is 45.2 Å². The van der Waals surface area contributed by atoms with Gasteiger partial charge in [-0.15, -0.1) is 0 Å². The third-order valence-corrected chi connectivity index (χ3v) is 4.23. The molecule has 0 spiro atoms. The summed E-state index contributed by atoms with van der Waals surface area (Å²) < 4.78 is 1.20. The maximum Gasteiger partial charge on any atom is 0.129 e. The molecule has 0 radical (unpaired) electrons. The first-order chi connectivity index (χ1) is 8.17. The fraction of sp³-hybridized carbons (Fsp3) is 0.600. The van der Waals surface area contributed by atoms with Gasteiger partial charge in [0.15, 0.2) is 0 Å². The molecule has 0 unspecified atom stereocenters. The van der Waals surface area contributed by atoms with Crippen LogP contribution in [0.2, 0.25) is 0 Å². The molecule has 0 bridgehead atoms. The largest absolute Gasteiger partial charge is 1.00 e. The zero-order valence-electron chi connectivity index (χ0n) is 12.3. The fourth-order valence-corrected chi connectivity index (χ4v) is 2.93. The molecule has 1 aromatic rings. The van der Waals surface area contributed by atoms with Crippen molar-refractivity contribution in [3.63, 3.8) is 0 Å². The summed E-state index contributed by atoms with van der Waals surface area (Å²) in [5, 5.41) is 0. The van der Waals surface area contributed by atoms with Crippen LogP contribution >= 0.6 is 0 Å². The van der Waals surface area contributed by atoms with E-state index in [-0.39, 0.29) is 48.0 Å². The van der Waals surface area contributed by atoms with Crippen LogP contribution in [0.4, 0.5) is 0 Å². The highest BCUT2D eigenvalue weighted by molar-refractivity contribution is 5.27. The number of hydrogen-bond donors (Lipinski definition) is 1. The van der Waals surface area contributed by atoms with Crippen LogP contribution in [0.1, 0.15) is 25.0 Å². The topological polar surface area (TPSA) is 4.44 Å². The van der Waals surface area contributed by atoms with Gasteiger partial charge in [0.05, 0.1) is 20.1 Å². The Morgan fingerprint density at radius 2 is 1.47 bits per heavy atom. The van der Waals surface area contributed by atoms with Crippen LogP contribution in [-0.2, 0) is 13.1 Å². The monoisotopic (exact) mass is 488 g/mol. The Morgan fingerprint density at radius 3 is 1.89 bits per heavy atom. The van der Waals surface area contributed by atoms with E-state index in [1.165, 1.54) is 43.8 Å². The Kier molecular flexibility index (Phi) is 9.07. The van der Waals surface area contributed by atoms with Gasteiger partial charge in [0.2, 0.25) is 0 Å². The molecule has 0 aromatic heterocycles. The molecule has 0 fully saturated rings. The van der Waals surface area contributed by atoms with Gasteiger partial charge in [-0.2, -0.15) is 0 Å². The first-order valence-corrected chi connectivity index (χ1v) is 6.91. The molecule has 1 aliphatic heterocycles. The lowest BCUT2D eigenvalue weighted by Crippen LogP contribution is -3.12. The van der Waals surface area contributed by atoms with E-state index in [9.17, 15) is 0 Å². The van der Waals surface area contributed by atoms with Crippen LogP contribution in [0.15, 0.2) is 24.3 Å². The summed E-state index contributed by atoms with van der Waals surface area (Å²) in [4.78, 5) is 1.72. The maximum atomic E-state index is 2.41. The molecule has 1 N–H and O–H groups in total. The molecular formula is C15H26I2N2. The SMILES string of the molecule is CC[NH+](CC)CC[N+]1(C)Cc2ccccc2C1.[I-].[I-]. The summed E-state index contributed by atoms with van der Waals surface area (Å²) in [6.45, 7) is 12.1. The lowest BCUT2D eigenvalue weighted by molar-refractivity contribution is -0.970. The average Bonchev–Trinajstić information content (AvgIpc) is 2.67. The zero-order chi connectivity index (χ0) is 12.3. The van der Waals surface area contributed by atoms with Gasteiger partial charge in [0.1, 0.15) is 26.2 Å². The van der Waals surface area contributed by atoms with Crippen molar-refractivity contribution in [2.45, 2.75) is 26.9 Å². The van der Waals surface area contributed by atoms with Gasteiger partial charge in [-0.25, -0.2) is 0 Å². The number of quaternary nitrogens is 2. The van der Waals surface area contributed by atoms with Crippen molar-refractivity contribution in [1.82, 2.24) is 0 Å². The Labute approximate surface area is 152 Å². The Morgan fingerprint density at radius 1 is 1.00 bits per heavy atom. The Hall–Kier alpha value is 0.600. The summed E-state index contributed by atoms with van der Waals surface area (Å²) in [6.07, 6.45) is 0. The number of hydrogen-bond acceptors (Lipinski definition) is 0. The van der Waals surface area contributed by atoms with Crippen LogP contribution in [0.3, 0.4) is 0 Å². The van der Waals surface area contributed by atoms with Crippen molar-refractivity contribution in [1.29, 1.82) is 0 Å². The Bertz CT molecular complexity index is 353. The molecule has 0 saturated carbocycles. The molecule has 110 valence electrons.